The van der Waals surface area contributed by atoms with Crippen molar-refractivity contribution in [2.45, 2.75) is 20.0 Å². The van der Waals surface area contributed by atoms with Gasteiger partial charge in [-0.05, 0) is 52.2 Å². The summed E-state index contributed by atoms with van der Waals surface area (Å²) in [6.07, 6.45) is 1.85. The molecule has 116 valence electrons. The summed E-state index contributed by atoms with van der Waals surface area (Å²) in [5.74, 6) is 0. The van der Waals surface area contributed by atoms with Crippen LogP contribution in [0.3, 0.4) is 0 Å². The van der Waals surface area contributed by atoms with Crippen LogP contribution in [0.4, 0.5) is 0 Å². The highest BCUT2D eigenvalue weighted by molar-refractivity contribution is 7.04. The molecule has 1 aromatic heterocycles. The first kappa shape index (κ1) is 14.9. The average Bonchev–Trinajstić information content (AvgIpc) is 2.84. The Morgan fingerprint density at radius 1 is 0.875 bits per heavy atom. The van der Waals surface area contributed by atoms with E-state index in [0.29, 0.717) is 0 Å². The second-order valence-corrected chi connectivity index (χ2v) is 11.1. The number of hydrogen-bond acceptors (Lipinski definition) is 2. The minimum absolute atomic E-state index is 0.793. The lowest BCUT2D eigenvalue weighted by atomic mass is 9.98. The molecule has 2 nitrogen and oxygen atoms in total. The molecule has 3 heteroatoms. The molecular weight excluding hydrogens is 308 g/mol. The standard InChI is InChI=1S/C21H18N2Si/c1-14-15(13-22)10-11-17-16-7-6-8-18(19-9-4-5-12-23-19)21(16)24(2,3)20(14)17/h4-12H,1-3H3. The van der Waals surface area contributed by atoms with Gasteiger partial charge in [-0.15, -0.1) is 0 Å². The molecule has 0 saturated carbocycles. The number of nitriles is 1. The van der Waals surface area contributed by atoms with E-state index in [9.17, 15) is 5.26 Å². The minimum atomic E-state index is -1.89. The van der Waals surface area contributed by atoms with Gasteiger partial charge in [-0.3, -0.25) is 4.98 Å². The fourth-order valence-electron chi connectivity index (χ4n) is 4.17. The van der Waals surface area contributed by atoms with Gasteiger partial charge in [0.15, 0.2) is 0 Å². The van der Waals surface area contributed by atoms with Gasteiger partial charge in [0.25, 0.3) is 0 Å². The molecule has 2 aromatic carbocycles. The lowest BCUT2D eigenvalue weighted by Crippen LogP contribution is -2.51. The van der Waals surface area contributed by atoms with E-state index in [0.717, 1.165) is 16.8 Å². The summed E-state index contributed by atoms with van der Waals surface area (Å²) in [6, 6.07) is 19.0. The molecule has 0 spiro atoms. The summed E-state index contributed by atoms with van der Waals surface area (Å²) in [6.45, 7) is 6.87. The van der Waals surface area contributed by atoms with Crippen molar-refractivity contribution in [3.63, 3.8) is 0 Å². The minimum Gasteiger partial charge on any atom is -0.256 e. The summed E-state index contributed by atoms with van der Waals surface area (Å²) in [4.78, 5) is 4.58. The van der Waals surface area contributed by atoms with E-state index < -0.39 is 8.07 Å². The molecule has 24 heavy (non-hydrogen) atoms. The molecular formula is C21H18N2Si. The molecule has 2 heterocycles. The van der Waals surface area contributed by atoms with Gasteiger partial charge in [-0.2, -0.15) is 5.26 Å². The van der Waals surface area contributed by atoms with E-state index in [-0.39, 0.29) is 0 Å². The zero-order valence-electron chi connectivity index (χ0n) is 14.1. The SMILES string of the molecule is Cc1c(C#N)ccc2c1[Si](C)(C)c1c(-c3ccccn3)cccc1-2. The Balaban J connectivity index is 2.07. The number of pyridine rings is 1. The van der Waals surface area contributed by atoms with Crippen molar-refractivity contribution in [3.05, 3.63) is 65.9 Å². The van der Waals surface area contributed by atoms with Gasteiger partial charge in [-0.1, -0.05) is 43.4 Å². The summed E-state index contributed by atoms with van der Waals surface area (Å²) in [7, 11) is -1.89. The van der Waals surface area contributed by atoms with Crippen LogP contribution in [0, 0.1) is 18.3 Å². The van der Waals surface area contributed by atoms with Crippen molar-refractivity contribution < 1.29 is 0 Å². The predicted molar refractivity (Wildman–Crippen MR) is 101 cm³/mol. The first-order valence-corrected chi connectivity index (χ1v) is 11.1. The Labute approximate surface area is 143 Å². The van der Waals surface area contributed by atoms with Gasteiger partial charge in [0.05, 0.1) is 17.3 Å². The number of hydrogen-bond donors (Lipinski definition) is 0. The summed E-state index contributed by atoms with van der Waals surface area (Å²) in [5.41, 5.74) is 6.82. The van der Waals surface area contributed by atoms with Gasteiger partial charge in [0.1, 0.15) is 8.07 Å². The number of benzene rings is 2. The Morgan fingerprint density at radius 3 is 2.33 bits per heavy atom. The van der Waals surface area contributed by atoms with Gasteiger partial charge in [-0.25, -0.2) is 0 Å². The summed E-state index contributed by atoms with van der Waals surface area (Å²) < 4.78 is 0. The first-order valence-electron chi connectivity index (χ1n) is 8.15. The fraction of sp³-hybridized carbons (Fsp3) is 0.143. The van der Waals surface area contributed by atoms with Crippen molar-refractivity contribution >= 4 is 18.4 Å². The smallest absolute Gasteiger partial charge is 0.115 e. The van der Waals surface area contributed by atoms with Gasteiger partial charge >= 0.3 is 0 Å². The molecule has 4 rings (SSSR count). The van der Waals surface area contributed by atoms with E-state index in [2.05, 4.69) is 61.4 Å². The lowest BCUT2D eigenvalue weighted by molar-refractivity contribution is 1.33. The number of fused-ring (bicyclic) bond motifs is 3. The van der Waals surface area contributed by atoms with Crippen molar-refractivity contribution in [2.24, 2.45) is 0 Å². The van der Waals surface area contributed by atoms with Crippen molar-refractivity contribution in [1.82, 2.24) is 4.98 Å². The topological polar surface area (TPSA) is 36.7 Å². The monoisotopic (exact) mass is 326 g/mol. The van der Waals surface area contributed by atoms with Crippen LogP contribution in [0.5, 0.6) is 0 Å². The highest BCUT2D eigenvalue weighted by Gasteiger charge is 2.41. The quantitative estimate of drug-likeness (QED) is 0.639. The van der Waals surface area contributed by atoms with E-state index >= 15 is 0 Å². The molecule has 0 bridgehead atoms. The zero-order valence-corrected chi connectivity index (χ0v) is 15.1. The second-order valence-electron chi connectivity index (χ2n) is 6.84. The van der Waals surface area contributed by atoms with Crippen LogP contribution in [0.15, 0.2) is 54.7 Å². The third kappa shape index (κ3) is 1.90. The largest absolute Gasteiger partial charge is 0.256 e. The Morgan fingerprint density at radius 2 is 1.62 bits per heavy atom. The Hall–Kier alpha value is -2.70. The van der Waals surface area contributed by atoms with Crippen LogP contribution in [-0.4, -0.2) is 13.1 Å². The maximum atomic E-state index is 9.42. The maximum absolute atomic E-state index is 9.42. The molecule has 0 atom stereocenters. The van der Waals surface area contributed by atoms with Gasteiger partial charge < -0.3 is 0 Å². The Bertz CT molecular complexity index is 998. The van der Waals surface area contributed by atoms with Crippen LogP contribution in [0.25, 0.3) is 22.4 Å². The van der Waals surface area contributed by atoms with Crippen LogP contribution < -0.4 is 10.4 Å². The highest BCUT2D eigenvalue weighted by Crippen LogP contribution is 2.34. The van der Waals surface area contributed by atoms with E-state index in [1.165, 1.54) is 27.1 Å². The van der Waals surface area contributed by atoms with Gasteiger partial charge in [0, 0.05) is 11.8 Å². The number of aromatic nitrogens is 1. The summed E-state index contributed by atoms with van der Waals surface area (Å²) in [5, 5.41) is 12.3. The maximum Gasteiger partial charge on any atom is 0.115 e. The number of rotatable bonds is 1. The van der Waals surface area contributed by atoms with Crippen LogP contribution >= 0.6 is 0 Å². The molecule has 1 aliphatic rings. The molecule has 3 aromatic rings. The zero-order chi connectivity index (χ0) is 16.9. The lowest BCUT2D eigenvalue weighted by Gasteiger charge is -2.23. The van der Waals surface area contributed by atoms with Crippen molar-refractivity contribution in [2.75, 3.05) is 0 Å². The van der Waals surface area contributed by atoms with Crippen LogP contribution in [0.1, 0.15) is 11.1 Å². The third-order valence-corrected chi connectivity index (χ3v) is 8.81. The molecule has 1 aliphatic heterocycles. The third-order valence-electron chi connectivity index (χ3n) is 5.13. The average molecular weight is 326 g/mol. The van der Waals surface area contributed by atoms with Crippen molar-refractivity contribution in [3.8, 4) is 28.5 Å². The predicted octanol–water partition coefficient (Wildman–Crippen LogP) is 3.73. The summed E-state index contributed by atoms with van der Waals surface area (Å²) >= 11 is 0. The molecule has 0 radical (unpaired) electrons. The second kappa shape index (κ2) is 5.15. The van der Waals surface area contributed by atoms with E-state index in [1.54, 1.807) is 0 Å². The van der Waals surface area contributed by atoms with E-state index in [1.807, 2.05) is 24.4 Å². The highest BCUT2D eigenvalue weighted by atomic mass is 28.3. The van der Waals surface area contributed by atoms with Crippen LogP contribution in [-0.2, 0) is 0 Å². The molecule has 0 saturated heterocycles. The molecule has 0 fully saturated rings. The molecule has 0 N–H and O–H groups in total. The Kier molecular flexibility index (Phi) is 3.19. The normalized spacial score (nSPS) is 13.9. The van der Waals surface area contributed by atoms with Crippen LogP contribution in [0.2, 0.25) is 13.1 Å². The first-order chi connectivity index (χ1) is 11.6. The molecule has 0 aliphatic carbocycles. The number of nitrogens with zero attached hydrogens (tertiary/aromatic N) is 2. The van der Waals surface area contributed by atoms with Gasteiger partial charge in [0.2, 0.25) is 0 Å². The van der Waals surface area contributed by atoms with Crippen molar-refractivity contribution in [1.29, 1.82) is 5.26 Å². The fourth-order valence-corrected chi connectivity index (χ4v) is 8.16. The molecule has 0 unspecified atom stereocenters. The molecule has 0 amide bonds. The van der Waals surface area contributed by atoms with E-state index in [4.69, 9.17) is 0 Å².